The van der Waals surface area contributed by atoms with E-state index < -0.39 is 0 Å². The van der Waals surface area contributed by atoms with Crippen molar-refractivity contribution in [1.29, 1.82) is 0 Å². The fraction of sp³-hybridized carbons (Fsp3) is 0.444. The number of hydrogen-bond acceptors (Lipinski definition) is 5. The van der Waals surface area contributed by atoms with Gasteiger partial charge in [-0.15, -0.1) is 0 Å². The third kappa shape index (κ3) is 4.96. The second-order valence-electron chi connectivity index (χ2n) is 6.07. The van der Waals surface area contributed by atoms with Crippen LogP contribution < -0.4 is 20.3 Å². The summed E-state index contributed by atoms with van der Waals surface area (Å²) in [7, 11) is 7.01. The second-order valence-corrected chi connectivity index (χ2v) is 6.07. The molecule has 7 heteroatoms. The molecule has 2 aromatic rings. The Morgan fingerprint density at radius 2 is 1.84 bits per heavy atom. The fourth-order valence-corrected chi connectivity index (χ4v) is 2.52. The molecule has 2 N–H and O–H groups in total. The summed E-state index contributed by atoms with van der Waals surface area (Å²) in [4.78, 5) is 28.9. The summed E-state index contributed by atoms with van der Waals surface area (Å²) in [6, 6.07) is 5.33. The Morgan fingerprint density at radius 3 is 2.48 bits per heavy atom. The first kappa shape index (κ1) is 18.8. The van der Waals surface area contributed by atoms with Gasteiger partial charge in [0.05, 0.1) is 19.7 Å². The number of aromatic nitrogens is 1. The molecule has 0 fully saturated rings. The maximum atomic E-state index is 12.2. The number of hydrogen-bond donors (Lipinski definition) is 2. The monoisotopic (exact) mass is 347 g/mol. The summed E-state index contributed by atoms with van der Waals surface area (Å²) >= 11 is 0. The van der Waals surface area contributed by atoms with Gasteiger partial charge in [0.1, 0.15) is 0 Å². The van der Waals surface area contributed by atoms with Gasteiger partial charge in [-0.3, -0.25) is 9.59 Å². The zero-order valence-electron chi connectivity index (χ0n) is 15.1. The highest BCUT2D eigenvalue weighted by atomic mass is 16.5. The third-order valence-electron chi connectivity index (χ3n) is 3.93. The highest BCUT2D eigenvalue weighted by Gasteiger charge is 2.10. The minimum absolute atomic E-state index is 0.0614. The summed E-state index contributed by atoms with van der Waals surface area (Å²) in [6.07, 6.45) is 0.655. The summed E-state index contributed by atoms with van der Waals surface area (Å²) < 4.78 is 10.5. The van der Waals surface area contributed by atoms with Gasteiger partial charge >= 0.3 is 0 Å². The molecule has 7 nitrogen and oxygen atoms in total. The largest absolute Gasteiger partial charge is 0.493 e. The normalized spacial score (nSPS) is 10.9. The quantitative estimate of drug-likeness (QED) is 0.749. The molecule has 0 saturated heterocycles. The average Bonchev–Trinajstić information content (AvgIpc) is 2.58. The molecule has 0 spiro atoms. The Kier molecular flexibility index (Phi) is 6.41. The SMILES string of the molecule is COc1cc2cc(CCC(=O)NCCN(C)C)c(=O)[nH]c2cc1OC. The van der Waals surface area contributed by atoms with Crippen LogP contribution in [-0.4, -0.2) is 57.2 Å². The fourth-order valence-electron chi connectivity index (χ4n) is 2.52. The van der Waals surface area contributed by atoms with E-state index in [2.05, 4.69) is 10.3 Å². The number of amides is 1. The lowest BCUT2D eigenvalue weighted by atomic mass is 10.1. The number of aromatic amines is 1. The number of likely N-dealkylation sites (N-methyl/N-ethyl adjacent to an activating group) is 1. The van der Waals surface area contributed by atoms with Crippen molar-refractivity contribution in [2.75, 3.05) is 41.4 Å². The van der Waals surface area contributed by atoms with Crippen LogP contribution in [0.15, 0.2) is 23.0 Å². The molecule has 0 aliphatic carbocycles. The molecule has 25 heavy (non-hydrogen) atoms. The molecule has 0 unspecified atom stereocenters. The number of nitrogens with zero attached hydrogens (tertiary/aromatic N) is 1. The molecule has 0 saturated carbocycles. The molecule has 1 aromatic heterocycles. The lowest BCUT2D eigenvalue weighted by molar-refractivity contribution is -0.121. The molecule has 1 heterocycles. The molecule has 0 radical (unpaired) electrons. The first-order valence-corrected chi connectivity index (χ1v) is 8.14. The molecule has 1 aromatic carbocycles. The second kappa shape index (κ2) is 8.53. The Bertz CT molecular complexity index is 799. The van der Waals surface area contributed by atoms with Gasteiger partial charge in [0, 0.05) is 36.5 Å². The minimum Gasteiger partial charge on any atom is -0.493 e. The number of rotatable bonds is 8. The topological polar surface area (TPSA) is 83.7 Å². The van der Waals surface area contributed by atoms with Crippen molar-refractivity contribution in [3.8, 4) is 11.5 Å². The standard InChI is InChI=1S/C18H25N3O4/c1-21(2)8-7-19-17(22)6-5-12-9-13-10-15(24-3)16(25-4)11-14(13)20-18(12)23/h9-11H,5-8H2,1-4H3,(H,19,22)(H,20,23). The number of H-pyrrole nitrogens is 1. The van der Waals surface area contributed by atoms with Crippen LogP contribution in [0.2, 0.25) is 0 Å². The summed E-state index contributed by atoms with van der Waals surface area (Å²) in [5.74, 6) is 1.08. The maximum absolute atomic E-state index is 12.2. The third-order valence-corrected chi connectivity index (χ3v) is 3.93. The molecular formula is C18H25N3O4. The molecule has 0 aliphatic heterocycles. The molecule has 0 atom stereocenters. The van der Waals surface area contributed by atoms with Crippen LogP contribution >= 0.6 is 0 Å². The molecular weight excluding hydrogens is 322 g/mol. The maximum Gasteiger partial charge on any atom is 0.251 e. The lowest BCUT2D eigenvalue weighted by Crippen LogP contribution is -2.31. The van der Waals surface area contributed by atoms with Crippen LogP contribution in [-0.2, 0) is 11.2 Å². The van der Waals surface area contributed by atoms with E-state index in [0.717, 1.165) is 11.9 Å². The zero-order valence-corrected chi connectivity index (χ0v) is 15.1. The zero-order chi connectivity index (χ0) is 18.4. The highest BCUT2D eigenvalue weighted by molar-refractivity contribution is 5.83. The van der Waals surface area contributed by atoms with Crippen LogP contribution in [0.5, 0.6) is 11.5 Å². The van der Waals surface area contributed by atoms with Gasteiger partial charge in [-0.25, -0.2) is 0 Å². The minimum atomic E-state index is -0.194. The van der Waals surface area contributed by atoms with Crippen molar-refractivity contribution in [3.05, 3.63) is 34.1 Å². The highest BCUT2D eigenvalue weighted by Crippen LogP contribution is 2.31. The van der Waals surface area contributed by atoms with E-state index >= 15 is 0 Å². The predicted molar refractivity (Wildman–Crippen MR) is 97.6 cm³/mol. The predicted octanol–water partition coefficient (Wildman–Crippen LogP) is 1.16. The van der Waals surface area contributed by atoms with E-state index in [9.17, 15) is 9.59 Å². The van der Waals surface area contributed by atoms with Gasteiger partial charge in [0.2, 0.25) is 5.91 Å². The number of methoxy groups -OCH3 is 2. The summed E-state index contributed by atoms with van der Waals surface area (Å²) in [6.45, 7) is 1.38. The number of carbonyl (C=O) groups is 1. The van der Waals surface area contributed by atoms with E-state index in [1.165, 1.54) is 0 Å². The average molecular weight is 347 g/mol. The van der Waals surface area contributed by atoms with Crippen molar-refractivity contribution in [3.63, 3.8) is 0 Å². The Balaban J connectivity index is 2.12. The Labute approximate surface area is 146 Å². The van der Waals surface area contributed by atoms with Crippen LogP contribution in [0.1, 0.15) is 12.0 Å². The van der Waals surface area contributed by atoms with E-state index in [-0.39, 0.29) is 17.9 Å². The number of nitrogens with one attached hydrogen (secondary N) is 2. The first-order chi connectivity index (χ1) is 11.9. The van der Waals surface area contributed by atoms with Gasteiger partial charge in [-0.05, 0) is 32.6 Å². The smallest absolute Gasteiger partial charge is 0.251 e. The van der Waals surface area contributed by atoms with Gasteiger partial charge in [0.25, 0.3) is 5.56 Å². The number of aryl methyl sites for hydroxylation is 1. The molecule has 2 rings (SSSR count). The van der Waals surface area contributed by atoms with Crippen molar-refractivity contribution in [2.24, 2.45) is 0 Å². The number of carbonyl (C=O) groups excluding carboxylic acids is 1. The van der Waals surface area contributed by atoms with E-state index in [1.807, 2.05) is 25.1 Å². The van der Waals surface area contributed by atoms with Crippen LogP contribution in [0.3, 0.4) is 0 Å². The van der Waals surface area contributed by atoms with E-state index in [1.54, 1.807) is 26.4 Å². The van der Waals surface area contributed by atoms with Crippen molar-refractivity contribution in [1.82, 2.24) is 15.2 Å². The molecule has 1 amide bonds. The van der Waals surface area contributed by atoms with Gasteiger partial charge in [-0.2, -0.15) is 0 Å². The van der Waals surface area contributed by atoms with Gasteiger partial charge < -0.3 is 24.7 Å². The van der Waals surface area contributed by atoms with Crippen LogP contribution in [0.25, 0.3) is 10.9 Å². The Morgan fingerprint density at radius 1 is 1.16 bits per heavy atom. The molecule has 0 aliphatic rings. The number of benzene rings is 1. The summed E-state index contributed by atoms with van der Waals surface area (Å²) in [5.41, 5.74) is 1.05. The molecule has 0 bridgehead atoms. The first-order valence-electron chi connectivity index (χ1n) is 8.14. The Hall–Kier alpha value is -2.54. The van der Waals surface area contributed by atoms with Crippen LogP contribution in [0.4, 0.5) is 0 Å². The number of ether oxygens (including phenoxy) is 2. The number of pyridine rings is 1. The lowest BCUT2D eigenvalue weighted by Gasteiger charge is -2.11. The van der Waals surface area contributed by atoms with Crippen molar-refractivity contribution >= 4 is 16.8 Å². The number of fused-ring (bicyclic) bond motifs is 1. The van der Waals surface area contributed by atoms with E-state index in [4.69, 9.17) is 9.47 Å². The van der Waals surface area contributed by atoms with Gasteiger partial charge in [-0.1, -0.05) is 0 Å². The van der Waals surface area contributed by atoms with Gasteiger partial charge in [0.15, 0.2) is 11.5 Å². The van der Waals surface area contributed by atoms with Crippen LogP contribution in [0, 0.1) is 0 Å². The van der Waals surface area contributed by atoms with Crippen molar-refractivity contribution in [2.45, 2.75) is 12.8 Å². The van der Waals surface area contributed by atoms with Crippen molar-refractivity contribution < 1.29 is 14.3 Å². The summed E-state index contributed by atoms with van der Waals surface area (Å²) in [5, 5.41) is 3.68. The molecule has 136 valence electrons. The van der Waals surface area contributed by atoms with E-state index in [0.29, 0.717) is 35.5 Å².